The molecule has 3 N–H and O–H groups in total. The molecule has 2 atom stereocenters. The summed E-state index contributed by atoms with van der Waals surface area (Å²) in [5.74, 6) is -0.0787. The molecule has 6 heteroatoms. The first-order chi connectivity index (χ1) is 33.5. The maximum atomic E-state index is 12.5. The number of unbranched alkanes of at least 4 members (excludes halogenated alkanes) is 41. The molecule has 0 bridgehead atoms. The quantitative estimate of drug-likeness (QED) is 0.0321. The monoisotopic (exact) mass is 956 g/mol. The molecule has 0 fully saturated rings. The highest BCUT2D eigenvalue weighted by Gasteiger charge is 2.18. The van der Waals surface area contributed by atoms with Crippen LogP contribution in [-0.2, 0) is 14.3 Å². The van der Waals surface area contributed by atoms with Crippen LogP contribution in [0.2, 0.25) is 0 Å². The van der Waals surface area contributed by atoms with Gasteiger partial charge in [-0.05, 0) is 64.2 Å². The van der Waals surface area contributed by atoms with Crippen molar-refractivity contribution < 1.29 is 24.5 Å². The molecule has 0 radical (unpaired) electrons. The van der Waals surface area contributed by atoms with Gasteiger partial charge < -0.3 is 20.3 Å². The first-order valence-electron chi connectivity index (χ1n) is 30.3. The molecule has 400 valence electrons. The van der Waals surface area contributed by atoms with Gasteiger partial charge in [0.15, 0.2) is 0 Å². The molecule has 0 aliphatic rings. The van der Waals surface area contributed by atoms with Gasteiger partial charge in [0.05, 0.1) is 25.4 Å². The van der Waals surface area contributed by atoms with Crippen LogP contribution in [0.5, 0.6) is 0 Å². The standard InChI is InChI=1S/C62H117NO5/c1-3-5-7-9-11-13-15-17-19-21-23-26-30-34-38-42-46-50-54-60(65)59(58-64)63-61(66)55-51-47-43-39-35-31-27-24-25-29-33-37-41-45-49-53-57-68-62(67)56-52-48-44-40-36-32-28-22-20-18-16-14-12-10-8-6-4-2/h12,14,18,20,50,54,59-60,64-65H,3-11,13,15-17,19,21-49,51-53,55-58H2,1-2H3,(H,63,66)/b14-12-,20-18-,54-50+. The number of ether oxygens (including phenoxy) is 1. The van der Waals surface area contributed by atoms with Gasteiger partial charge in [0.1, 0.15) is 0 Å². The van der Waals surface area contributed by atoms with E-state index in [1.54, 1.807) is 6.08 Å². The van der Waals surface area contributed by atoms with Crippen LogP contribution in [0.25, 0.3) is 0 Å². The Bertz CT molecular complexity index is 1100. The van der Waals surface area contributed by atoms with Crippen molar-refractivity contribution in [3.8, 4) is 0 Å². The van der Waals surface area contributed by atoms with E-state index in [0.717, 1.165) is 57.8 Å². The number of esters is 1. The maximum absolute atomic E-state index is 12.5. The van der Waals surface area contributed by atoms with Gasteiger partial charge in [0, 0.05) is 12.8 Å². The smallest absolute Gasteiger partial charge is 0.305 e. The minimum atomic E-state index is -0.850. The van der Waals surface area contributed by atoms with Crippen LogP contribution < -0.4 is 5.32 Å². The Morgan fingerprint density at radius 1 is 0.412 bits per heavy atom. The van der Waals surface area contributed by atoms with Crippen LogP contribution in [0.1, 0.15) is 322 Å². The molecule has 0 aliphatic heterocycles. The minimum Gasteiger partial charge on any atom is -0.466 e. The second-order valence-corrected chi connectivity index (χ2v) is 20.7. The summed E-state index contributed by atoms with van der Waals surface area (Å²) < 4.78 is 5.48. The third-order valence-corrected chi connectivity index (χ3v) is 13.9. The lowest BCUT2D eigenvalue weighted by Gasteiger charge is -2.20. The summed E-state index contributed by atoms with van der Waals surface area (Å²) >= 11 is 0. The highest BCUT2D eigenvalue weighted by molar-refractivity contribution is 5.76. The summed E-state index contributed by atoms with van der Waals surface area (Å²) in [6, 6.07) is -0.634. The lowest BCUT2D eigenvalue weighted by Crippen LogP contribution is -2.45. The van der Waals surface area contributed by atoms with Crippen LogP contribution in [-0.4, -0.2) is 47.4 Å². The average Bonchev–Trinajstić information content (AvgIpc) is 3.34. The molecule has 0 aromatic carbocycles. The number of aliphatic hydroxyl groups excluding tert-OH is 2. The molecule has 0 aromatic rings. The van der Waals surface area contributed by atoms with Crippen molar-refractivity contribution in [2.75, 3.05) is 13.2 Å². The van der Waals surface area contributed by atoms with Crippen molar-refractivity contribution in [2.24, 2.45) is 0 Å². The number of carbonyl (C=O) groups excluding carboxylic acids is 2. The fourth-order valence-electron chi connectivity index (χ4n) is 9.25. The van der Waals surface area contributed by atoms with Gasteiger partial charge in [-0.2, -0.15) is 0 Å². The van der Waals surface area contributed by atoms with Gasteiger partial charge in [0.2, 0.25) is 5.91 Å². The van der Waals surface area contributed by atoms with Crippen molar-refractivity contribution in [3.05, 3.63) is 36.5 Å². The zero-order chi connectivity index (χ0) is 49.3. The van der Waals surface area contributed by atoms with Gasteiger partial charge in [0.25, 0.3) is 0 Å². The van der Waals surface area contributed by atoms with E-state index in [9.17, 15) is 19.8 Å². The molecule has 2 unspecified atom stereocenters. The third-order valence-electron chi connectivity index (χ3n) is 13.9. The average molecular weight is 957 g/mol. The van der Waals surface area contributed by atoms with E-state index in [1.165, 1.54) is 238 Å². The summed E-state index contributed by atoms with van der Waals surface area (Å²) in [4.78, 5) is 24.6. The summed E-state index contributed by atoms with van der Waals surface area (Å²) in [5, 5.41) is 23.2. The number of allylic oxidation sites excluding steroid dienone is 5. The Kier molecular flexibility index (Phi) is 56.0. The third kappa shape index (κ3) is 53.4. The molecule has 0 spiro atoms. The van der Waals surface area contributed by atoms with E-state index in [-0.39, 0.29) is 18.5 Å². The normalized spacial score (nSPS) is 12.8. The highest BCUT2D eigenvalue weighted by atomic mass is 16.5. The predicted molar refractivity (Wildman–Crippen MR) is 296 cm³/mol. The van der Waals surface area contributed by atoms with Crippen LogP contribution in [0.3, 0.4) is 0 Å². The van der Waals surface area contributed by atoms with Crippen LogP contribution in [0.4, 0.5) is 0 Å². The largest absolute Gasteiger partial charge is 0.466 e. The molecule has 0 saturated heterocycles. The Morgan fingerprint density at radius 2 is 0.735 bits per heavy atom. The maximum Gasteiger partial charge on any atom is 0.305 e. The molecule has 0 rings (SSSR count). The van der Waals surface area contributed by atoms with E-state index in [1.807, 2.05) is 6.08 Å². The predicted octanol–water partition coefficient (Wildman–Crippen LogP) is 18.8. The summed E-state index contributed by atoms with van der Waals surface area (Å²) in [6.07, 6.45) is 71.6. The summed E-state index contributed by atoms with van der Waals surface area (Å²) in [5.41, 5.74) is 0. The van der Waals surface area contributed by atoms with Gasteiger partial charge in [-0.1, -0.05) is 281 Å². The number of hydrogen-bond acceptors (Lipinski definition) is 5. The lowest BCUT2D eigenvalue weighted by molar-refractivity contribution is -0.143. The fourth-order valence-corrected chi connectivity index (χ4v) is 9.25. The number of hydrogen-bond donors (Lipinski definition) is 3. The van der Waals surface area contributed by atoms with E-state index in [4.69, 9.17) is 4.74 Å². The number of carbonyl (C=O) groups is 2. The van der Waals surface area contributed by atoms with Gasteiger partial charge in [-0.15, -0.1) is 0 Å². The molecule has 0 aromatic heterocycles. The topological polar surface area (TPSA) is 95.9 Å². The van der Waals surface area contributed by atoms with Crippen LogP contribution in [0, 0.1) is 0 Å². The Morgan fingerprint density at radius 3 is 1.15 bits per heavy atom. The second kappa shape index (κ2) is 57.7. The van der Waals surface area contributed by atoms with E-state index in [0.29, 0.717) is 19.4 Å². The van der Waals surface area contributed by atoms with Gasteiger partial charge >= 0.3 is 5.97 Å². The Hall–Kier alpha value is -1.92. The Balaban J connectivity index is 3.45. The second-order valence-electron chi connectivity index (χ2n) is 20.7. The van der Waals surface area contributed by atoms with Crippen LogP contribution in [0.15, 0.2) is 36.5 Å². The molecule has 0 aliphatic carbocycles. The van der Waals surface area contributed by atoms with Crippen molar-refractivity contribution in [1.82, 2.24) is 5.32 Å². The van der Waals surface area contributed by atoms with Crippen molar-refractivity contribution in [2.45, 2.75) is 334 Å². The number of rotatable bonds is 56. The lowest BCUT2D eigenvalue weighted by atomic mass is 10.0. The Labute approximate surface area is 424 Å². The molecule has 0 heterocycles. The van der Waals surface area contributed by atoms with E-state index < -0.39 is 12.1 Å². The first-order valence-corrected chi connectivity index (χ1v) is 30.3. The molecule has 1 amide bonds. The zero-order valence-corrected chi connectivity index (χ0v) is 45.6. The number of amides is 1. The molecular weight excluding hydrogens is 839 g/mol. The number of aliphatic hydroxyl groups is 2. The summed E-state index contributed by atoms with van der Waals surface area (Å²) in [7, 11) is 0. The van der Waals surface area contributed by atoms with Crippen LogP contribution >= 0.6 is 0 Å². The van der Waals surface area contributed by atoms with Crippen molar-refractivity contribution in [1.29, 1.82) is 0 Å². The zero-order valence-electron chi connectivity index (χ0n) is 45.6. The van der Waals surface area contributed by atoms with Gasteiger partial charge in [-0.3, -0.25) is 9.59 Å². The molecule has 0 saturated carbocycles. The summed E-state index contributed by atoms with van der Waals surface area (Å²) in [6.45, 7) is 4.88. The van der Waals surface area contributed by atoms with Crippen molar-refractivity contribution >= 4 is 11.9 Å². The van der Waals surface area contributed by atoms with Gasteiger partial charge in [-0.25, -0.2) is 0 Å². The molecular formula is C62H117NO5. The van der Waals surface area contributed by atoms with E-state index in [2.05, 4.69) is 43.5 Å². The molecule has 6 nitrogen and oxygen atoms in total. The van der Waals surface area contributed by atoms with E-state index >= 15 is 0 Å². The molecule has 68 heavy (non-hydrogen) atoms. The SMILES string of the molecule is CCCCC/C=C\C/C=C\CCCCCCCCCC(=O)OCCCCCCCCCCCCCCCCCCC(=O)NC(CO)C(O)/C=C/CCCCCCCCCCCCCCCCCC. The number of nitrogens with one attached hydrogen (secondary N) is 1. The van der Waals surface area contributed by atoms with Crippen molar-refractivity contribution in [3.63, 3.8) is 0 Å². The fraction of sp³-hybridized carbons (Fsp3) is 0.871. The highest BCUT2D eigenvalue weighted by Crippen LogP contribution is 2.17. The minimum absolute atomic E-state index is 0.00542. The first kappa shape index (κ1) is 66.1.